The van der Waals surface area contributed by atoms with E-state index in [9.17, 15) is 4.79 Å². The van der Waals surface area contributed by atoms with Crippen LogP contribution in [0.1, 0.15) is 23.5 Å². The Bertz CT molecular complexity index is 356. The average molecular weight is 158 g/mol. The van der Waals surface area contributed by atoms with Gasteiger partial charge in [0.15, 0.2) is 0 Å². The van der Waals surface area contributed by atoms with E-state index in [4.69, 9.17) is 0 Å². The molecule has 1 aromatic rings. The summed E-state index contributed by atoms with van der Waals surface area (Å²) in [6.45, 7) is 0. The Kier molecular flexibility index (Phi) is 0.957. The first-order chi connectivity index (χ1) is 5.86. The van der Waals surface area contributed by atoms with Gasteiger partial charge in [0.05, 0.1) is 0 Å². The van der Waals surface area contributed by atoms with E-state index in [0.717, 1.165) is 19.1 Å². The summed E-state index contributed by atoms with van der Waals surface area (Å²) in [7, 11) is 0. The van der Waals surface area contributed by atoms with Crippen molar-refractivity contribution in [2.24, 2.45) is 5.41 Å². The van der Waals surface area contributed by atoms with E-state index in [0.29, 0.717) is 5.92 Å². The SMILES string of the molecule is O=CC12Cc3ccccc3C1C2. The first kappa shape index (κ1) is 6.41. The van der Waals surface area contributed by atoms with Gasteiger partial charge in [0.1, 0.15) is 6.29 Å². The summed E-state index contributed by atoms with van der Waals surface area (Å²) in [6.07, 6.45) is 3.24. The summed E-state index contributed by atoms with van der Waals surface area (Å²) in [4.78, 5) is 10.8. The molecule has 0 radical (unpaired) electrons. The molecule has 0 N–H and O–H groups in total. The molecule has 0 aliphatic heterocycles. The molecule has 0 spiro atoms. The maximum Gasteiger partial charge on any atom is 0.127 e. The number of aldehydes is 1. The molecule has 0 bridgehead atoms. The van der Waals surface area contributed by atoms with Crippen LogP contribution in [0.4, 0.5) is 0 Å². The highest BCUT2D eigenvalue weighted by Crippen LogP contribution is 2.65. The van der Waals surface area contributed by atoms with E-state index < -0.39 is 0 Å². The molecule has 2 aliphatic rings. The zero-order valence-electron chi connectivity index (χ0n) is 6.79. The van der Waals surface area contributed by atoms with Gasteiger partial charge in [-0.05, 0) is 29.9 Å². The number of rotatable bonds is 1. The number of fused-ring (bicyclic) bond motifs is 3. The third kappa shape index (κ3) is 0.580. The topological polar surface area (TPSA) is 17.1 Å². The van der Waals surface area contributed by atoms with Crippen LogP contribution < -0.4 is 0 Å². The number of carbonyl (C=O) groups excluding carboxylic acids is 1. The van der Waals surface area contributed by atoms with Crippen LogP contribution in [0, 0.1) is 5.41 Å². The van der Waals surface area contributed by atoms with Crippen LogP contribution in [0.15, 0.2) is 24.3 Å². The van der Waals surface area contributed by atoms with E-state index in [2.05, 4.69) is 24.3 Å². The lowest BCUT2D eigenvalue weighted by molar-refractivity contribution is -0.112. The molecular formula is C11H10O. The van der Waals surface area contributed by atoms with E-state index >= 15 is 0 Å². The molecule has 1 heteroatoms. The van der Waals surface area contributed by atoms with Gasteiger partial charge >= 0.3 is 0 Å². The third-order valence-electron chi connectivity index (χ3n) is 3.30. The molecule has 12 heavy (non-hydrogen) atoms. The van der Waals surface area contributed by atoms with Gasteiger partial charge < -0.3 is 4.79 Å². The number of hydrogen-bond donors (Lipinski definition) is 0. The van der Waals surface area contributed by atoms with Gasteiger partial charge in [0.25, 0.3) is 0 Å². The summed E-state index contributed by atoms with van der Waals surface area (Å²) in [5.74, 6) is 0.561. The molecule has 1 saturated carbocycles. The molecule has 1 aromatic carbocycles. The lowest BCUT2D eigenvalue weighted by atomic mass is 10.0. The standard InChI is InChI=1S/C11H10O/c12-7-11-5-8-3-1-2-4-9(8)10(11)6-11/h1-4,7,10H,5-6H2. The zero-order chi connectivity index (χ0) is 8.18. The van der Waals surface area contributed by atoms with Crippen molar-refractivity contribution in [2.45, 2.75) is 18.8 Å². The Morgan fingerprint density at radius 2 is 2.25 bits per heavy atom. The molecule has 3 rings (SSSR count). The molecule has 0 heterocycles. The second-order valence-electron chi connectivity index (χ2n) is 3.98. The number of benzene rings is 1. The van der Waals surface area contributed by atoms with Crippen molar-refractivity contribution in [2.75, 3.05) is 0 Å². The van der Waals surface area contributed by atoms with Gasteiger partial charge in [-0.2, -0.15) is 0 Å². The van der Waals surface area contributed by atoms with Crippen LogP contribution >= 0.6 is 0 Å². The first-order valence-electron chi connectivity index (χ1n) is 4.40. The molecule has 2 unspecified atom stereocenters. The third-order valence-corrected chi connectivity index (χ3v) is 3.30. The quantitative estimate of drug-likeness (QED) is 0.570. The molecule has 0 saturated heterocycles. The van der Waals surface area contributed by atoms with Crippen LogP contribution in [0.3, 0.4) is 0 Å². The fourth-order valence-electron chi connectivity index (χ4n) is 2.50. The highest BCUT2D eigenvalue weighted by Gasteiger charge is 2.59. The Labute approximate surface area is 71.4 Å². The smallest absolute Gasteiger partial charge is 0.127 e. The Balaban J connectivity index is 2.13. The van der Waals surface area contributed by atoms with E-state index in [1.165, 1.54) is 11.1 Å². The second-order valence-corrected chi connectivity index (χ2v) is 3.98. The monoisotopic (exact) mass is 158 g/mol. The molecule has 60 valence electrons. The van der Waals surface area contributed by atoms with Gasteiger partial charge in [0, 0.05) is 5.41 Å². The number of carbonyl (C=O) groups is 1. The summed E-state index contributed by atoms with van der Waals surface area (Å²) >= 11 is 0. The zero-order valence-corrected chi connectivity index (χ0v) is 6.79. The molecule has 1 fully saturated rings. The van der Waals surface area contributed by atoms with Crippen LogP contribution in [-0.4, -0.2) is 6.29 Å². The van der Waals surface area contributed by atoms with Crippen LogP contribution in [0.25, 0.3) is 0 Å². The van der Waals surface area contributed by atoms with Crippen LogP contribution in [-0.2, 0) is 11.2 Å². The second kappa shape index (κ2) is 1.79. The van der Waals surface area contributed by atoms with Gasteiger partial charge in [-0.15, -0.1) is 0 Å². The minimum absolute atomic E-state index is 0.0314. The van der Waals surface area contributed by atoms with Crippen molar-refractivity contribution in [3.8, 4) is 0 Å². The van der Waals surface area contributed by atoms with Gasteiger partial charge in [-0.25, -0.2) is 0 Å². The average Bonchev–Trinajstić information content (AvgIpc) is 2.75. The van der Waals surface area contributed by atoms with Crippen molar-refractivity contribution in [3.63, 3.8) is 0 Å². The van der Waals surface area contributed by atoms with Crippen LogP contribution in [0.5, 0.6) is 0 Å². The van der Waals surface area contributed by atoms with Gasteiger partial charge in [-0.1, -0.05) is 24.3 Å². The lowest BCUT2D eigenvalue weighted by Crippen LogP contribution is -2.02. The Morgan fingerprint density at radius 3 is 3.00 bits per heavy atom. The Morgan fingerprint density at radius 1 is 1.42 bits per heavy atom. The summed E-state index contributed by atoms with van der Waals surface area (Å²) < 4.78 is 0. The van der Waals surface area contributed by atoms with E-state index in [-0.39, 0.29) is 5.41 Å². The summed E-state index contributed by atoms with van der Waals surface area (Å²) in [5.41, 5.74) is 2.84. The maximum absolute atomic E-state index is 10.8. The largest absolute Gasteiger partial charge is 0.303 e. The van der Waals surface area contributed by atoms with Crippen LogP contribution in [0.2, 0.25) is 0 Å². The normalized spacial score (nSPS) is 35.5. The fourth-order valence-corrected chi connectivity index (χ4v) is 2.50. The van der Waals surface area contributed by atoms with Gasteiger partial charge in [0.2, 0.25) is 0 Å². The van der Waals surface area contributed by atoms with Crippen molar-refractivity contribution in [3.05, 3.63) is 35.4 Å². The van der Waals surface area contributed by atoms with Crippen molar-refractivity contribution in [1.82, 2.24) is 0 Å². The predicted molar refractivity (Wildman–Crippen MR) is 46.0 cm³/mol. The minimum Gasteiger partial charge on any atom is -0.303 e. The first-order valence-corrected chi connectivity index (χ1v) is 4.40. The van der Waals surface area contributed by atoms with E-state index in [1.807, 2.05) is 0 Å². The van der Waals surface area contributed by atoms with E-state index in [1.54, 1.807) is 0 Å². The highest BCUT2D eigenvalue weighted by molar-refractivity contribution is 5.72. The molecular weight excluding hydrogens is 148 g/mol. The summed E-state index contributed by atoms with van der Waals surface area (Å²) in [6, 6.07) is 8.44. The molecule has 2 aliphatic carbocycles. The van der Waals surface area contributed by atoms with Gasteiger partial charge in [-0.3, -0.25) is 0 Å². The van der Waals surface area contributed by atoms with Crippen molar-refractivity contribution < 1.29 is 4.79 Å². The van der Waals surface area contributed by atoms with Crippen molar-refractivity contribution in [1.29, 1.82) is 0 Å². The maximum atomic E-state index is 10.8. The Hall–Kier alpha value is -1.11. The highest BCUT2D eigenvalue weighted by atomic mass is 16.1. The summed E-state index contributed by atoms with van der Waals surface area (Å²) in [5, 5.41) is 0. The molecule has 2 atom stereocenters. The fraction of sp³-hybridized carbons (Fsp3) is 0.364. The molecule has 1 nitrogen and oxygen atoms in total. The lowest BCUT2D eigenvalue weighted by Gasteiger charge is -2.00. The number of hydrogen-bond acceptors (Lipinski definition) is 1. The minimum atomic E-state index is 0.0314. The molecule has 0 aromatic heterocycles. The predicted octanol–water partition coefficient (Wildman–Crippen LogP) is 1.92. The van der Waals surface area contributed by atoms with Crippen molar-refractivity contribution >= 4 is 6.29 Å². The molecule has 0 amide bonds.